The van der Waals surface area contributed by atoms with Crippen molar-refractivity contribution < 1.29 is 0 Å². The van der Waals surface area contributed by atoms with Gasteiger partial charge in [-0.05, 0) is 17.0 Å². The van der Waals surface area contributed by atoms with Gasteiger partial charge in [-0.3, -0.25) is 4.98 Å². The van der Waals surface area contributed by atoms with E-state index in [-0.39, 0.29) is 5.41 Å². The van der Waals surface area contributed by atoms with Gasteiger partial charge in [0.1, 0.15) is 0 Å². The predicted molar refractivity (Wildman–Crippen MR) is 78.0 cm³/mol. The number of alkyl halides is 1. The van der Waals surface area contributed by atoms with E-state index in [4.69, 9.17) is 11.6 Å². The van der Waals surface area contributed by atoms with Gasteiger partial charge in [-0.25, -0.2) is 0 Å². The minimum Gasteiger partial charge on any atom is -0.312 e. The number of halogens is 1. The van der Waals surface area contributed by atoms with E-state index < -0.39 is 0 Å². The highest BCUT2D eigenvalue weighted by molar-refractivity contribution is 6.18. The Morgan fingerprint density at radius 1 is 1.22 bits per heavy atom. The third kappa shape index (κ3) is 3.21. The van der Waals surface area contributed by atoms with Crippen LogP contribution in [0.3, 0.4) is 0 Å². The van der Waals surface area contributed by atoms with Crippen LogP contribution in [0.15, 0.2) is 36.5 Å². The molecule has 0 spiro atoms. The third-order valence-corrected chi connectivity index (χ3v) is 3.72. The molecule has 0 aliphatic rings. The number of nitrogens with one attached hydrogen (secondary N) is 1. The number of rotatable bonds is 5. The van der Waals surface area contributed by atoms with E-state index in [1.165, 1.54) is 10.9 Å². The number of hydrogen-bond acceptors (Lipinski definition) is 2. The lowest BCUT2D eigenvalue weighted by atomic mass is 9.96. The van der Waals surface area contributed by atoms with E-state index in [0.29, 0.717) is 5.88 Å². The van der Waals surface area contributed by atoms with Gasteiger partial charge in [-0.2, -0.15) is 0 Å². The average Bonchev–Trinajstić information content (AvgIpc) is 2.39. The first-order valence-corrected chi connectivity index (χ1v) is 6.75. The molecule has 3 heteroatoms. The van der Waals surface area contributed by atoms with Crippen molar-refractivity contribution in [2.75, 3.05) is 12.4 Å². The van der Waals surface area contributed by atoms with Crippen molar-refractivity contribution in [3.8, 4) is 0 Å². The summed E-state index contributed by atoms with van der Waals surface area (Å²) in [5.41, 5.74) is 2.44. The first-order valence-electron chi connectivity index (χ1n) is 6.22. The summed E-state index contributed by atoms with van der Waals surface area (Å²) >= 11 is 5.92. The predicted octanol–water partition coefficient (Wildman–Crippen LogP) is 3.59. The molecular weight excluding hydrogens is 244 g/mol. The number of hydrogen-bond donors (Lipinski definition) is 1. The highest BCUT2D eigenvalue weighted by Gasteiger charge is 2.15. The quantitative estimate of drug-likeness (QED) is 0.833. The Kier molecular flexibility index (Phi) is 4.20. The van der Waals surface area contributed by atoms with E-state index in [0.717, 1.165) is 18.6 Å². The second kappa shape index (κ2) is 5.68. The lowest BCUT2D eigenvalue weighted by Gasteiger charge is -2.21. The van der Waals surface area contributed by atoms with Gasteiger partial charge in [0, 0.05) is 30.6 Å². The Hall–Kier alpha value is -1.12. The van der Waals surface area contributed by atoms with Gasteiger partial charge in [0.15, 0.2) is 0 Å². The van der Waals surface area contributed by atoms with Crippen LogP contribution < -0.4 is 5.32 Å². The molecule has 1 N–H and O–H groups in total. The number of benzene rings is 1. The van der Waals surface area contributed by atoms with Crippen molar-refractivity contribution in [2.45, 2.75) is 20.4 Å². The summed E-state index contributed by atoms with van der Waals surface area (Å²) in [7, 11) is 0. The molecule has 2 aromatic rings. The van der Waals surface area contributed by atoms with Gasteiger partial charge in [-0.15, -0.1) is 11.6 Å². The summed E-state index contributed by atoms with van der Waals surface area (Å²) in [6.45, 7) is 6.05. The highest BCUT2D eigenvalue weighted by Crippen LogP contribution is 2.18. The third-order valence-electron chi connectivity index (χ3n) is 3.00. The first kappa shape index (κ1) is 13.3. The van der Waals surface area contributed by atoms with E-state index in [1.807, 2.05) is 12.3 Å². The fourth-order valence-electron chi connectivity index (χ4n) is 1.89. The molecule has 0 saturated carbocycles. The van der Waals surface area contributed by atoms with E-state index in [9.17, 15) is 0 Å². The minimum absolute atomic E-state index is 0.125. The molecule has 1 aromatic carbocycles. The summed E-state index contributed by atoms with van der Waals surface area (Å²) in [6, 6.07) is 10.4. The maximum Gasteiger partial charge on any atom is 0.0746 e. The molecule has 2 nitrogen and oxygen atoms in total. The summed E-state index contributed by atoms with van der Waals surface area (Å²) in [6.07, 6.45) is 1.84. The topological polar surface area (TPSA) is 24.9 Å². The van der Waals surface area contributed by atoms with Gasteiger partial charge in [0.25, 0.3) is 0 Å². The molecule has 0 aliphatic heterocycles. The molecule has 18 heavy (non-hydrogen) atoms. The SMILES string of the molecule is CC(C)(CCl)CNCc1cccc2cccnc12. The first-order chi connectivity index (χ1) is 8.62. The lowest BCUT2D eigenvalue weighted by Crippen LogP contribution is -2.30. The fourth-order valence-corrected chi connectivity index (χ4v) is 1.99. The number of pyridine rings is 1. The van der Waals surface area contributed by atoms with E-state index in [2.05, 4.69) is 48.4 Å². The van der Waals surface area contributed by atoms with Crippen LogP contribution in [0.1, 0.15) is 19.4 Å². The lowest BCUT2D eigenvalue weighted by molar-refractivity contribution is 0.385. The maximum absolute atomic E-state index is 5.92. The second-order valence-corrected chi connectivity index (χ2v) is 5.66. The summed E-state index contributed by atoms with van der Waals surface area (Å²) in [5, 5.41) is 4.65. The molecule has 0 aliphatic carbocycles. The van der Waals surface area contributed by atoms with Crippen LogP contribution in [0.5, 0.6) is 0 Å². The van der Waals surface area contributed by atoms with Gasteiger partial charge in [0.2, 0.25) is 0 Å². The molecular formula is C15H19ClN2. The zero-order valence-electron chi connectivity index (χ0n) is 10.9. The molecule has 2 rings (SSSR count). The minimum atomic E-state index is 0.125. The van der Waals surface area contributed by atoms with Gasteiger partial charge in [0.05, 0.1) is 5.52 Å². The van der Waals surface area contributed by atoms with E-state index in [1.54, 1.807) is 0 Å². The average molecular weight is 263 g/mol. The van der Waals surface area contributed by atoms with Crippen molar-refractivity contribution in [2.24, 2.45) is 5.41 Å². The van der Waals surface area contributed by atoms with Crippen LogP contribution in [0, 0.1) is 5.41 Å². The highest BCUT2D eigenvalue weighted by atomic mass is 35.5. The van der Waals surface area contributed by atoms with Crippen molar-refractivity contribution in [1.29, 1.82) is 0 Å². The smallest absolute Gasteiger partial charge is 0.0746 e. The molecule has 0 atom stereocenters. The number of aromatic nitrogens is 1. The largest absolute Gasteiger partial charge is 0.312 e. The molecule has 0 saturated heterocycles. The number of fused-ring (bicyclic) bond motifs is 1. The van der Waals surface area contributed by atoms with Gasteiger partial charge < -0.3 is 5.32 Å². The molecule has 0 unspecified atom stereocenters. The van der Waals surface area contributed by atoms with Crippen molar-refractivity contribution in [1.82, 2.24) is 10.3 Å². The Morgan fingerprint density at radius 3 is 2.78 bits per heavy atom. The standard InChI is InChI=1S/C15H19ClN2/c1-15(2,10-16)11-17-9-13-6-3-5-12-7-4-8-18-14(12)13/h3-8,17H,9-11H2,1-2H3. The normalized spacial score (nSPS) is 11.9. The zero-order chi connectivity index (χ0) is 13.0. The van der Waals surface area contributed by atoms with Gasteiger partial charge in [-0.1, -0.05) is 38.1 Å². The Morgan fingerprint density at radius 2 is 2.00 bits per heavy atom. The van der Waals surface area contributed by atoms with Gasteiger partial charge >= 0.3 is 0 Å². The number of nitrogens with zero attached hydrogens (tertiary/aromatic N) is 1. The molecule has 1 aromatic heterocycles. The second-order valence-electron chi connectivity index (χ2n) is 5.39. The summed E-state index contributed by atoms with van der Waals surface area (Å²) in [5.74, 6) is 0.661. The molecule has 0 fully saturated rings. The van der Waals surface area contributed by atoms with Crippen LogP contribution in [-0.2, 0) is 6.54 Å². The zero-order valence-corrected chi connectivity index (χ0v) is 11.7. The van der Waals surface area contributed by atoms with Crippen molar-refractivity contribution in [3.05, 3.63) is 42.1 Å². The Labute approximate surface area is 113 Å². The van der Waals surface area contributed by atoms with E-state index >= 15 is 0 Å². The molecule has 1 heterocycles. The molecule has 0 bridgehead atoms. The van der Waals surface area contributed by atoms with Crippen LogP contribution in [0.25, 0.3) is 10.9 Å². The molecule has 0 amide bonds. The Bertz CT molecular complexity index is 517. The summed E-state index contributed by atoms with van der Waals surface area (Å²) < 4.78 is 0. The van der Waals surface area contributed by atoms with Crippen molar-refractivity contribution in [3.63, 3.8) is 0 Å². The molecule has 96 valence electrons. The Balaban J connectivity index is 2.08. The number of para-hydroxylation sites is 1. The van der Waals surface area contributed by atoms with Crippen molar-refractivity contribution >= 4 is 22.5 Å². The fraction of sp³-hybridized carbons (Fsp3) is 0.400. The summed E-state index contributed by atoms with van der Waals surface area (Å²) in [4.78, 5) is 4.45. The van der Waals surface area contributed by atoms with Crippen LogP contribution >= 0.6 is 11.6 Å². The van der Waals surface area contributed by atoms with Crippen LogP contribution in [-0.4, -0.2) is 17.4 Å². The van der Waals surface area contributed by atoms with Crippen LogP contribution in [0.4, 0.5) is 0 Å². The van der Waals surface area contributed by atoms with Crippen LogP contribution in [0.2, 0.25) is 0 Å². The maximum atomic E-state index is 5.92. The monoisotopic (exact) mass is 262 g/mol. The molecule has 0 radical (unpaired) electrons.